The molecule has 20 heavy (non-hydrogen) atoms. The molecule has 0 aliphatic carbocycles. The van der Waals surface area contributed by atoms with Gasteiger partial charge in [0.2, 0.25) is 0 Å². The summed E-state index contributed by atoms with van der Waals surface area (Å²) in [6, 6.07) is 2.29. The Kier molecular flexibility index (Phi) is 4.53. The van der Waals surface area contributed by atoms with Crippen LogP contribution in [0.5, 0.6) is 0 Å². The molecule has 0 aliphatic heterocycles. The van der Waals surface area contributed by atoms with Gasteiger partial charge in [0, 0.05) is 4.90 Å². The standard InChI is InChI=1S/C18H31BS/c1-11-10-12(2)15(20)14(16(3,4)5)13(11)18(9,19)17(6,7)8/h10,20H,19H2,1-9H3. The second-order valence-corrected chi connectivity index (χ2v) is 9.18. The molecule has 0 aliphatic rings. The lowest BCUT2D eigenvalue weighted by molar-refractivity contribution is 0.290. The summed E-state index contributed by atoms with van der Waals surface area (Å²) >= 11 is 4.85. The minimum absolute atomic E-state index is 0.102. The van der Waals surface area contributed by atoms with Crippen molar-refractivity contribution >= 4 is 20.5 Å². The summed E-state index contributed by atoms with van der Waals surface area (Å²) in [6.07, 6.45) is 0. The van der Waals surface area contributed by atoms with Crippen molar-refractivity contribution in [3.05, 3.63) is 28.3 Å². The van der Waals surface area contributed by atoms with E-state index in [0.717, 1.165) is 4.90 Å². The Morgan fingerprint density at radius 2 is 1.30 bits per heavy atom. The summed E-state index contributed by atoms with van der Waals surface area (Å²) in [5, 5.41) is 0.102. The van der Waals surface area contributed by atoms with Crippen molar-refractivity contribution in [3.8, 4) is 0 Å². The van der Waals surface area contributed by atoms with E-state index >= 15 is 0 Å². The molecule has 0 saturated carbocycles. The van der Waals surface area contributed by atoms with E-state index in [4.69, 9.17) is 12.6 Å². The van der Waals surface area contributed by atoms with Crippen molar-refractivity contribution in [1.82, 2.24) is 0 Å². The fraction of sp³-hybridized carbons (Fsp3) is 0.667. The minimum atomic E-state index is 0.102. The van der Waals surface area contributed by atoms with Crippen LogP contribution in [0.3, 0.4) is 0 Å². The zero-order valence-corrected chi connectivity index (χ0v) is 15.9. The van der Waals surface area contributed by atoms with Gasteiger partial charge in [0.05, 0.1) is 0 Å². The van der Waals surface area contributed by atoms with Gasteiger partial charge in [-0.15, -0.1) is 12.6 Å². The lowest BCUT2D eigenvalue weighted by atomic mass is 9.50. The van der Waals surface area contributed by atoms with Crippen molar-refractivity contribution < 1.29 is 0 Å². The van der Waals surface area contributed by atoms with E-state index in [0.29, 0.717) is 0 Å². The van der Waals surface area contributed by atoms with Crippen molar-refractivity contribution in [3.63, 3.8) is 0 Å². The quantitative estimate of drug-likeness (QED) is 0.558. The molecule has 0 heterocycles. The largest absolute Gasteiger partial charge is 0.143 e. The van der Waals surface area contributed by atoms with Crippen LogP contribution < -0.4 is 0 Å². The molecule has 1 unspecified atom stereocenters. The lowest BCUT2D eigenvalue weighted by Crippen LogP contribution is -2.40. The van der Waals surface area contributed by atoms with Crippen LogP contribution in [0.25, 0.3) is 0 Å². The third-order valence-corrected chi connectivity index (χ3v) is 5.51. The van der Waals surface area contributed by atoms with E-state index in [1.165, 1.54) is 22.3 Å². The second kappa shape index (κ2) is 5.12. The van der Waals surface area contributed by atoms with Crippen molar-refractivity contribution in [2.45, 2.75) is 77.9 Å². The van der Waals surface area contributed by atoms with Gasteiger partial charge in [-0.2, -0.15) is 0 Å². The molecule has 1 aromatic rings. The van der Waals surface area contributed by atoms with E-state index < -0.39 is 0 Å². The third kappa shape index (κ3) is 2.96. The highest BCUT2D eigenvalue weighted by Crippen LogP contribution is 2.46. The van der Waals surface area contributed by atoms with E-state index in [9.17, 15) is 0 Å². The Bertz CT molecular complexity index is 514. The highest BCUT2D eigenvalue weighted by atomic mass is 32.1. The number of hydrogen-bond acceptors (Lipinski definition) is 1. The number of thiol groups is 1. The van der Waals surface area contributed by atoms with E-state index in [1.54, 1.807) is 0 Å². The fourth-order valence-electron chi connectivity index (χ4n) is 2.89. The highest BCUT2D eigenvalue weighted by molar-refractivity contribution is 7.80. The molecule has 0 radical (unpaired) electrons. The Hall–Kier alpha value is -0.365. The van der Waals surface area contributed by atoms with Crippen molar-refractivity contribution in [2.75, 3.05) is 0 Å². The highest BCUT2D eigenvalue weighted by Gasteiger charge is 2.39. The van der Waals surface area contributed by atoms with Gasteiger partial charge in [0.1, 0.15) is 7.85 Å². The molecular weight excluding hydrogens is 259 g/mol. The van der Waals surface area contributed by atoms with Crippen LogP contribution in [0.2, 0.25) is 0 Å². The van der Waals surface area contributed by atoms with E-state index in [1.807, 2.05) is 0 Å². The number of aryl methyl sites for hydroxylation is 2. The first-order valence-corrected chi connectivity index (χ1v) is 8.00. The van der Waals surface area contributed by atoms with Gasteiger partial charge in [-0.3, -0.25) is 0 Å². The third-order valence-electron chi connectivity index (χ3n) is 4.94. The van der Waals surface area contributed by atoms with Crippen LogP contribution in [0, 0.1) is 19.3 Å². The first-order chi connectivity index (χ1) is 8.71. The van der Waals surface area contributed by atoms with Crippen molar-refractivity contribution in [1.29, 1.82) is 0 Å². The Balaban J connectivity index is 3.85. The van der Waals surface area contributed by atoms with Crippen LogP contribution in [-0.4, -0.2) is 7.85 Å². The number of rotatable bonds is 1. The minimum Gasteiger partial charge on any atom is -0.143 e. The molecule has 112 valence electrons. The molecule has 0 N–H and O–H groups in total. The molecular formula is C18H31BS. The molecule has 1 rings (SSSR count). The van der Waals surface area contributed by atoms with Gasteiger partial charge in [-0.25, -0.2) is 0 Å². The monoisotopic (exact) mass is 290 g/mol. The van der Waals surface area contributed by atoms with Gasteiger partial charge in [0.15, 0.2) is 0 Å². The van der Waals surface area contributed by atoms with E-state index in [2.05, 4.69) is 76.2 Å². The van der Waals surface area contributed by atoms with Crippen LogP contribution >= 0.6 is 12.6 Å². The number of benzene rings is 1. The average molecular weight is 290 g/mol. The van der Waals surface area contributed by atoms with Crippen LogP contribution in [0.4, 0.5) is 0 Å². The van der Waals surface area contributed by atoms with Crippen LogP contribution in [0.15, 0.2) is 11.0 Å². The van der Waals surface area contributed by atoms with Gasteiger partial charge in [-0.1, -0.05) is 54.5 Å². The Morgan fingerprint density at radius 3 is 1.65 bits per heavy atom. The van der Waals surface area contributed by atoms with E-state index in [-0.39, 0.29) is 16.1 Å². The van der Waals surface area contributed by atoms with Gasteiger partial charge in [0.25, 0.3) is 0 Å². The molecule has 0 aromatic heterocycles. The van der Waals surface area contributed by atoms with Gasteiger partial charge in [-0.05, 0) is 52.2 Å². The summed E-state index contributed by atoms with van der Waals surface area (Å²) in [5.41, 5.74) is 5.87. The molecule has 0 amide bonds. The van der Waals surface area contributed by atoms with Gasteiger partial charge >= 0.3 is 0 Å². The molecule has 0 saturated heterocycles. The van der Waals surface area contributed by atoms with Crippen LogP contribution in [-0.2, 0) is 10.7 Å². The van der Waals surface area contributed by atoms with Crippen LogP contribution in [0.1, 0.15) is 70.7 Å². The van der Waals surface area contributed by atoms with Gasteiger partial charge < -0.3 is 0 Å². The average Bonchev–Trinajstić information content (AvgIpc) is 2.19. The molecule has 1 atom stereocenters. The molecule has 0 nitrogen and oxygen atoms in total. The maximum Gasteiger partial charge on any atom is 0.115 e. The summed E-state index contributed by atoms with van der Waals surface area (Å²) in [5.74, 6) is 0. The summed E-state index contributed by atoms with van der Waals surface area (Å²) in [4.78, 5) is 1.16. The SMILES string of the molecule is BC(C)(c1c(C)cc(C)c(S)c1C(C)(C)C)C(C)(C)C. The topological polar surface area (TPSA) is 0 Å². The smallest absolute Gasteiger partial charge is 0.115 e. The summed E-state index contributed by atoms with van der Waals surface area (Å²) in [6.45, 7) is 20.7. The van der Waals surface area contributed by atoms with Crippen molar-refractivity contribution in [2.24, 2.45) is 5.41 Å². The predicted octanol–water partition coefficient (Wildman–Crippen LogP) is 4.78. The first kappa shape index (κ1) is 17.7. The molecule has 0 bridgehead atoms. The molecule has 0 fully saturated rings. The lowest BCUT2D eigenvalue weighted by Gasteiger charge is -2.44. The Morgan fingerprint density at radius 1 is 0.850 bits per heavy atom. The summed E-state index contributed by atoms with van der Waals surface area (Å²) < 4.78 is 0. The summed E-state index contributed by atoms with van der Waals surface area (Å²) in [7, 11) is 2.37. The second-order valence-electron chi connectivity index (χ2n) is 8.73. The molecule has 2 heteroatoms. The first-order valence-electron chi connectivity index (χ1n) is 7.55. The maximum absolute atomic E-state index is 4.85. The Labute approximate surface area is 132 Å². The molecule has 1 aromatic carbocycles. The fourth-order valence-corrected chi connectivity index (χ4v) is 3.40. The maximum atomic E-state index is 4.85. The zero-order valence-electron chi connectivity index (χ0n) is 15.0. The number of hydrogen-bond donors (Lipinski definition) is 1. The molecule has 0 spiro atoms. The predicted molar refractivity (Wildman–Crippen MR) is 97.2 cm³/mol. The zero-order chi connectivity index (χ0) is 16.1. The normalized spacial score (nSPS) is 16.1.